The van der Waals surface area contributed by atoms with Gasteiger partial charge in [0.25, 0.3) is 0 Å². The zero-order valence-corrected chi connectivity index (χ0v) is 9.86. The Morgan fingerprint density at radius 3 is 2.56 bits per heavy atom. The van der Waals surface area contributed by atoms with Gasteiger partial charge in [0.2, 0.25) is 10.0 Å². The van der Waals surface area contributed by atoms with Crippen molar-refractivity contribution >= 4 is 10.0 Å². The third-order valence-corrected chi connectivity index (χ3v) is 5.25. The van der Waals surface area contributed by atoms with Gasteiger partial charge < -0.3 is 5.73 Å². The predicted molar refractivity (Wildman–Crippen MR) is 63.2 cm³/mol. The van der Waals surface area contributed by atoms with Crippen LogP contribution < -0.4 is 5.73 Å². The topological polar surface area (TPSA) is 63.4 Å². The maximum absolute atomic E-state index is 12.0. The summed E-state index contributed by atoms with van der Waals surface area (Å²) < 4.78 is 25.5. The Labute approximate surface area is 96.1 Å². The van der Waals surface area contributed by atoms with Crippen LogP contribution in [0.4, 0.5) is 0 Å². The van der Waals surface area contributed by atoms with Gasteiger partial charge in [-0.2, -0.15) is 4.31 Å². The van der Waals surface area contributed by atoms with Crippen LogP contribution in [0.5, 0.6) is 0 Å². The second kappa shape index (κ2) is 4.53. The van der Waals surface area contributed by atoms with E-state index in [9.17, 15) is 8.42 Å². The molecule has 16 heavy (non-hydrogen) atoms. The molecule has 0 amide bonds. The second-order valence-corrected chi connectivity index (χ2v) is 6.22. The summed E-state index contributed by atoms with van der Waals surface area (Å²) in [5, 5.41) is -0.392. The zero-order chi connectivity index (χ0) is 11.6. The highest BCUT2D eigenvalue weighted by Crippen LogP contribution is 2.23. The highest BCUT2D eigenvalue weighted by molar-refractivity contribution is 7.90. The fourth-order valence-electron chi connectivity index (χ4n) is 1.97. The van der Waals surface area contributed by atoms with Crippen LogP contribution in [0.15, 0.2) is 30.3 Å². The van der Waals surface area contributed by atoms with Crippen molar-refractivity contribution in [3.05, 3.63) is 35.9 Å². The molecule has 5 heteroatoms. The monoisotopic (exact) mass is 240 g/mol. The first-order valence-corrected chi connectivity index (χ1v) is 6.88. The van der Waals surface area contributed by atoms with Gasteiger partial charge in [0.1, 0.15) is 0 Å². The van der Waals surface area contributed by atoms with Crippen LogP contribution in [0, 0.1) is 0 Å². The van der Waals surface area contributed by atoms with Crippen molar-refractivity contribution in [2.24, 2.45) is 5.73 Å². The molecule has 4 nitrogen and oxygen atoms in total. The Morgan fingerprint density at radius 1 is 1.31 bits per heavy atom. The third-order valence-electron chi connectivity index (χ3n) is 2.95. The van der Waals surface area contributed by atoms with E-state index >= 15 is 0 Å². The number of rotatable bonds is 3. The van der Waals surface area contributed by atoms with Crippen molar-refractivity contribution in [1.82, 2.24) is 4.31 Å². The Morgan fingerprint density at radius 2 is 2.00 bits per heavy atom. The Bertz CT molecular complexity index is 444. The largest absolute Gasteiger partial charge is 0.329 e. The van der Waals surface area contributed by atoms with Gasteiger partial charge in [-0.05, 0) is 12.0 Å². The van der Waals surface area contributed by atoms with Crippen LogP contribution in [0.1, 0.15) is 12.0 Å². The van der Waals surface area contributed by atoms with Crippen LogP contribution in [-0.2, 0) is 16.6 Å². The van der Waals surface area contributed by atoms with Gasteiger partial charge in [-0.3, -0.25) is 0 Å². The van der Waals surface area contributed by atoms with Crippen LogP contribution in [-0.4, -0.2) is 31.1 Å². The summed E-state index contributed by atoms with van der Waals surface area (Å²) in [6.07, 6.45) is 0.645. The molecule has 0 bridgehead atoms. The van der Waals surface area contributed by atoms with Gasteiger partial charge in [0, 0.05) is 19.6 Å². The van der Waals surface area contributed by atoms with Crippen molar-refractivity contribution < 1.29 is 8.42 Å². The van der Waals surface area contributed by atoms with E-state index in [-0.39, 0.29) is 6.54 Å². The Kier molecular flexibility index (Phi) is 3.28. The van der Waals surface area contributed by atoms with E-state index in [0.717, 1.165) is 5.56 Å². The van der Waals surface area contributed by atoms with Crippen molar-refractivity contribution in [3.8, 4) is 0 Å². The summed E-state index contributed by atoms with van der Waals surface area (Å²) in [4.78, 5) is 0. The van der Waals surface area contributed by atoms with E-state index < -0.39 is 15.3 Å². The minimum Gasteiger partial charge on any atom is -0.329 e. The van der Waals surface area contributed by atoms with Crippen LogP contribution in [0.2, 0.25) is 0 Å². The van der Waals surface area contributed by atoms with E-state index in [1.165, 1.54) is 4.31 Å². The molecule has 1 fully saturated rings. The molecule has 1 aliphatic rings. The van der Waals surface area contributed by atoms with Crippen molar-refractivity contribution in [2.75, 3.05) is 13.1 Å². The predicted octanol–water partition coefficient (Wildman–Crippen LogP) is 0.549. The number of sulfonamides is 1. The van der Waals surface area contributed by atoms with Gasteiger partial charge in [0.15, 0.2) is 0 Å². The molecule has 1 heterocycles. The van der Waals surface area contributed by atoms with E-state index in [0.29, 0.717) is 19.5 Å². The van der Waals surface area contributed by atoms with Crippen LogP contribution in [0.25, 0.3) is 0 Å². The maximum atomic E-state index is 12.0. The average Bonchev–Trinajstić information content (AvgIpc) is 2.56. The highest BCUT2D eigenvalue weighted by atomic mass is 32.2. The van der Waals surface area contributed by atoms with Gasteiger partial charge in [-0.15, -0.1) is 0 Å². The molecule has 0 radical (unpaired) electrons. The normalized spacial score (nSPS) is 24.7. The minimum atomic E-state index is -3.17. The molecule has 1 aromatic rings. The fourth-order valence-corrected chi connectivity index (χ4v) is 3.73. The standard InChI is InChI=1S/C11H16N2O2S/c12-8-11-6-7-13(16(11,14)15)9-10-4-2-1-3-5-10/h1-5,11H,6-9,12H2. The first-order chi connectivity index (χ1) is 7.64. The SMILES string of the molecule is NCC1CCN(Cc2ccccc2)S1(=O)=O. The molecular formula is C11H16N2O2S. The van der Waals surface area contributed by atoms with Crippen molar-refractivity contribution in [3.63, 3.8) is 0 Å². The molecule has 88 valence electrons. The summed E-state index contributed by atoms with van der Waals surface area (Å²) in [7, 11) is -3.17. The lowest BCUT2D eigenvalue weighted by atomic mass is 10.2. The first-order valence-electron chi connectivity index (χ1n) is 5.37. The number of benzene rings is 1. The van der Waals surface area contributed by atoms with Gasteiger partial charge in [-0.25, -0.2) is 8.42 Å². The number of hydrogen-bond donors (Lipinski definition) is 1. The van der Waals surface area contributed by atoms with E-state index in [1.807, 2.05) is 30.3 Å². The van der Waals surface area contributed by atoms with Crippen LogP contribution in [0.3, 0.4) is 0 Å². The first kappa shape index (κ1) is 11.6. The fraction of sp³-hybridized carbons (Fsp3) is 0.455. The Balaban J connectivity index is 2.13. The summed E-state index contributed by atoms with van der Waals surface area (Å²) in [5.41, 5.74) is 6.48. The second-order valence-electron chi connectivity index (χ2n) is 4.01. The number of hydrogen-bond acceptors (Lipinski definition) is 3. The zero-order valence-electron chi connectivity index (χ0n) is 9.04. The summed E-state index contributed by atoms with van der Waals surface area (Å²) in [6.45, 7) is 1.26. The quantitative estimate of drug-likeness (QED) is 0.839. The lowest BCUT2D eigenvalue weighted by molar-refractivity contribution is 0.440. The van der Waals surface area contributed by atoms with E-state index in [1.54, 1.807) is 0 Å². The smallest absolute Gasteiger partial charge is 0.218 e. The van der Waals surface area contributed by atoms with Gasteiger partial charge >= 0.3 is 0 Å². The number of nitrogens with zero attached hydrogens (tertiary/aromatic N) is 1. The summed E-state index contributed by atoms with van der Waals surface area (Å²) in [6, 6.07) is 9.62. The van der Waals surface area contributed by atoms with E-state index in [2.05, 4.69) is 0 Å². The summed E-state index contributed by atoms with van der Waals surface area (Å²) >= 11 is 0. The molecule has 1 atom stereocenters. The Hall–Kier alpha value is -0.910. The lowest BCUT2D eigenvalue weighted by Crippen LogP contribution is -2.32. The molecule has 2 rings (SSSR count). The third kappa shape index (κ3) is 2.11. The van der Waals surface area contributed by atoms with Crippen molar-refractivity contribution in [2.45, 2.75) is 18.2 Å². The lowest BCUT2D eigenvalue weighted by Gasteiger charge is -2.16. The molecular weight excluding hydrogens is 224 g/mol. The van der Waals surface area contributed by atoms with Gasteiger partial charge in [-0.1, -0.05) is 30.3 Å². The molecule has 1 aliphatic heterocycles. The molecule has 1 saturated heterocycles. The summed E-state index contributed by atoms with van der Waals surface area (Å²) in [5.74, 6) is 0. The van der Waals surface area contributed by atoms with Gasteiger partial charge in [0.05, 0.1) is 5.25 Å². The molecule has 0 saturated carbocycles. The minimum absolute atomic E-state index is 0.216. The molecule has 0 aromatic heterocycles. The maximum Gasteiger partial charge on any atom is 0.218 e. The molecule has 2 N–H and O–H groups in total. The molecule has 1 unspecified atom stereocenters. The van der Waals surface area contributed by atoms with Crippen LogP contribution >= 0.6 is 0 Å². The molecule has 0 spiro atoms. The molecule has 1 aromatic carbocycles. The van der Waals surface area contributed by atoms with E-state index in [4.69, 9.17) is 5.73 Å². The number of nitrogens with two attached hydrogens (primary N) is 1. The average molecular weight is 240 g/mol. The highest BCUT2D eigenvalue weighted by Gasteiger charge is 2.37. The molecule has 0 aliphatic carbocycles. The van der Waals surface area contributed by atoms with Crippen molar-refractivity contribution in [1.29, 1.82) is 0 Å².